The molecule has 0 aromatic heterocycles. The van der Waals surface area contributed by atoms with Gasteiger partial charge >= 0.3 is 0 Å². The van der Waals surface area contributed by atoms with E-state index in [1.54, 1.807) is 12.1 Å². The Morgan fingerprint density at radius 2 is 2.05 bits per heavy atom. The molecule has 2 amide bonds. The molecule has 1 unspecified atom stereocenters. The summed E-state index contributed by atoms with van der Waals surface area (Å²) in [5.41, 5.74) is 1.41. The summed E-state index contributed by atoms with van der Waals surface area (Å²) >= 11 is 0. The van der Waals surface area contributed by atoms with E-state index >= 15 is 0 Å². The molecule has 0 bridgehead atoms. The number of carbonyl (C=O) groups is 2. The minimum absolute atomic E-state index is 0.0283. The van der Waals surface area contributed by atoms with Crippen molar-refractivity contribution < 1.29 is 9.59 Å². The number of hydrogen-bond donors (Lipinski definition) is 3. The minimum Gasteiger partial charge on any atom is -0.326 e. The molecule has 1 aliphatic rings. The fraction of sp³-hybridized carbons (Fsp3) is 0.500. The molecule has 1 aliphatic heterocycles. The van der Waals surface area contributed by atoms with E-state index in [0.717, 1.165) is 19.5 Å². The van der Waals surface area contributed by atoms with Crippen LogP contribution in [0.25, 0.3) is 0 Å². The van der Waals surface area contributed by atoms with Crippen LogP contribution in [0.1, 0.15) is 32.6 Å². The van der Waals surface area contributed by atoms with E-state index in [9.17, 15) is 9.59 Å². The van der Waals surface area contributed by atoms with Crippen molar-refractivity contribution in [1.29, 1.82) is 0 Å². The number of amides is 2. The number of anilines is 2. The van der Waals surface area contributed by atoms with Crippen LogP contribution in [0.15, 0.2) is 24.3 Å². The highest BCUT2D eigenvalue weighted by Gasteiger charge is 2.14. The zero-order valence-corrected chi connectivity index (χ0v) is 12.4. The van der Waals surface area contributed by atoms with Crippen molar-refractivity contribution in [2.75, 3.05) is 23.7 Å². The Hall–Kier alpha value is -1.88. The summed E-state index contributed by atoms with van der Waals surface area (Å²) in [5.74, 6) is 0.513. The van der Waals surface area contributed by atoms with E-state index in [0.29, 0.717) is 23.7 Å². The average molecular weight is 289 g/mol. The second-order valence-electron chi connectivity index (χ2n) is 5.56. The van der Waals surface area contributed by atoms with E-state index in [4.69, 9.17) is 0 Å². The molecule has 3 N–H and O–H groups in total. The molecule has 21 heavy (non-hydrogen) atoms. The highest BCUT2D eigenvalue weighted by Crippen LogP contribution is 2.18. The summed E-state index contributed by atoms with van der Waals surface area (Å²) in [6.07, 6.45) is 3.87. The summed E-state index contributed by atoms with van der Waals surface area (Å²) in [4.78, 5) is 23.0. The minimum atomic E-state index is -0.122. The Labute approximate surface area is 125 Å². The van der Waals surface area contributed by atoms with Crippen molar-refractivity contribution in [1.82, 2.24) is 5.32 Å². The first-order valence-electron chi connectivity index (χ1n) is 7.52. The third-order valence-electron chi connectivity index (χ3n) is 3.65. The van der Waals surface area contributed by atoms with Crippen LogP contribution < -0.4 is 16.0 Å². The lowest BCUT2D eigenvalue weighted by molar-refractivity contribution is -0.116. The van der Waals surface area contributed by atoms with E-state index < -0.39 is 0 Å². The van der Waals surface area contributed by atoms with Crippen molar-refractivity contribution >= 4 is 23.2 Å². The summed E-state index contributed by atoms with van der Waals surface area (Å²) in [6, 6.07) is 7.20. The van der Waals surface area contributed by atoms with Crippen LogP contribution in [0.5, 0.6) is 0 Å². The molecule has 0 saturated carbocycles. The fourth-order valence-corrected chi connectivity index (χ4v) is 2.61. The predicted octanol–water partition coefficient (Wildman–Crippen LogP) is 2.36. The zero-order chi connectivity index (χ0) is 15.1. The van der Waals surface area contributed by atoms with Gasteiger partial charge in [-0.1, -0.05) is 6.07 Å². The van der Waals surface area contributed by atoms with Crippen molar-refractivity contribution in [3.05, 3.63) is 24.3 Å². The second-order valence-corrected chi connectivity index (χ2v) is 5.56. The standard InChI is InChI=1S/C16H23N3O2/c1-12(20)18-14-5-2-6-15(10-14)19-16(21)8-7-13-4-3-9-17-11-13/h2,5-6,10,13,17H,3-4,7-9,11H2,1H3,(H,18,20)(H,19,21). The third kappa shape index (κ3) is 5.55. The van der Waals surface area contributed by atoms with Gasteiger partial charge in [0.1, 0.15) is 0 Å². The van der Waals surface area contributed by atoms with Gasteiger partial charge in [-0.3, -0.25) is 9.59 Å². The number of nitrogens with one attached hydrogen (secondary N) is 3. The number of piperidine rings is 1. The Balaban J connectivity index is 1.80. The number of benzene rings is 1. The Morgan fingerprint density at radius 3 is 2.71 bits per heavy atom. The van der Waals surface area contributed by atoms with Gasteiger partial charge in [-0.25, -0.2) is 0 Å². The van der Waals surface area contributed by atoms with E-state index in [-0.39, 0.29) is 11.8 Å². The fourth-order valence-electron chi connectivity index (χ4n) is 2.61. The Bertz CT molecular complexity index is 496. The predicted molar refractivity (Wildman–Crippen MR) is 84.2 cm³/mol. The first-order chi connectivity index (χ1) is 10.1. The third-order valence-corrected chi connectivity index (χ3v) is 3.65. The SMILES string of the molecule is CC(=O)Nc1cccc(NC(=O)CCC2CCCNC2)c1. The van der Waals surface area contributed by atoms with Gasteiger partial charge < -0.3 is 16.0 Å². The quantitative estimate of drug-likeness (QED) is 0.779. The van der Waals surface area contributed by atoms with Crippen molar-refractivity contribution in [3.63, 3.8) is 0 Å². The molecule has 1 saturated heterocycles. The van der Waals surface area contributed by atoms with Crippen LogP contribution in [-0.4, -0.2) is 24.9 Å². The van der Waals surface area contributed by atoms with Gasteiger partial charge in [0.2, 0.25) is 11.8 Å². The van der Waals surface area contributed by atoms with Crippen LogP contribution >= 0.6 is 0 Å². The van der Waals surface area contributed by atoms with Crippen LogP contribution in [0.3, 0.4) is 0 Å². The van der Waals surface area contributed by atoms with Crippen LogP contribution in [0, 0.1) is 5.92 Å². The average Bonchev–Trinajstić information content (AvgIpc) is 2.46. The molecular formula is C16H23N3O2. The molecule has 1 aromatic carbocycles. The van der Waals surface area contributed by atoms with Gasteiger partial charge in [0, 0.05) is 24.7 Å². The van der Waals surface area contributed by atoms with E-state index in [1.807, 2.05) is 12.1 Å². The van der Waals surface area contributed by atoms with Gasteiger partial charge in [0.05, 0.1) is 0 Å². The van der Waals surface area contributed by atoms with Gasteiger partial charge in [0.25, 0.3) is 0 Å². The first-order valence-corrected chi connectivity index (χ1v) is 7.52. The highest BCUT2D eigenvalue weighted by atomic mass is 16.2. The molecule has 1 aromatic rings. The van der Waals surface area contributed by atoms with Crippen molar-refractivity contribution in [2.24, 2.45) is 5.92 Å². The molecule has 0 aliphatic carbocycles. The maximum Gasteiger partial charge on any atom is 0.224 e. The smallest absolute Gasteiger partial charge is 0.224 e. The van der Waals surface area contributed by atoms with Gasteiger partial charge in [-0.2, -0.15) is 0 Å². The summed E-state index contributed by atoms with van der Waals surface area (Å²) in [5, 5.41) is 8.95. The largest absolute Gasteiger partial charge is 0.326 e. The molecule has 1 atom stereocenters. The molecule has 5 heteroatoms. The zero-order valence-electron chi connectivity index (χ0n) is 12.4. The topological polar surface area (TPSA) is 70.2 Å². The lowest BCUT2D eigenvalue weighted by Crippen LogP contribution is -2.30. The molecule has 114 valence electrons. The maximum absolute atomic E-state index is 12.0. The monoisotopic (exact) mass is 289 g/mol. The maximum atomic E-state index is 12.0. The molecule has 2 rings (SSSR count). The Morgan fingerprint density at radius 1 is 1.29 bits per heavy atom. The second kappa shape index (κ2) is 7.78. The van der Waals surface area contributed by atoms with E-state index in [2.05, 4.69) is 16.0 Å². The molecule has 0 spiro atoms. The van der Waals surface area contributed by atoms with Crippen LogP contribution in [-0.2, 0) is 9.59 Å². The van der Waals surface area contributed by atoms with Gasteiger partial charge in [-0.15, -0.1) is 0 Å². The molecule has 1 fully saturated rings. The Kier molecular flexibility index (Phi) is 5.75. The van der Waals surface area contributed by atoms with Gasteiger partial charge in [0.15, 0.2) is 0 Å². The summed E-state index contributed by atoms with van der Waals surface area (Å²) < 4.78 is 0. The summed E-state index contributed by atoms with van der Waals surface area (Å²) in [7, 11) is 0. The molecule has 1 heterocycles. The normalized spacial score (nSPS) is 18.0. The van der Waals surface area contributed by atoms with Gasteiger partial charge in [-0.05, 0) is 56.5 Å². The van der Waals surface area contributed by atoms with Crippen molar-refractivity contribution in [3.8, 4) is 0 Å². The van der Waals surface area contributed by atoms with Crippen LogP contribution in [0.4, 0.5) is 11.4 Å². The van der Waals surface area contributed by atoms with Crippen molar-refractivity contribution in [2.45, 2.75) is 32.6 Å². The summed E-state index contributed by atoms with van der Waals surface area (Å²) in [6.45, 7) is 3.58. The lowest BCUT2D eigenvalue weighted by atomic mass is 9.94. The first kappa shape index (κ1) is 15.5. The number of carbonyl (C=O) groups excluding carboxylic acids is 2. The highest BCUT2D eigenvalue weighted by molar-refractivity contribution is 5.93. The molecule has 0 radical (unpaired) electrons. The molecule has 5 nitrogen and oxygen atoms in total. The molecular weight excluding hydrogens is 266 g/mol. The number of rotatable bonds is 5. The number of hydrogen-bond acceptors (Lipinski definition) is 3. The van der Waals surface area contributed by atoms with Crippen LogP contribution in [0.2, 0.25) is 0 Å². The lowest BCUT2D eigenvalue weighted by Gasteiger charge is -2.22. The van der Waals surface area contributed by atoms with E-state index in [1.165, 1.54) is 19.8 Å².